The van der Waals surface area contributed by atoms with Crippen molar-refractivity contribution in [3.63, 3.8) is 0 Å². The maximum atomic E-state index is 12.5. The Morgan fingerprint density at radius 2 is 2.25 bits per heavy atom. The molecule has 1 heterocycles. The molecular formula is C15H25N3OS. The lowest BCUT2D eigenvalue weighted by Gasteiger charge is -2.46. The van der Waals surface area contributed by atoms with Gasteiger partial charge in [0.2, 0.25) is 5.91 Å². The smallest absolute Gasteiger partial charge is 0.223 e. The SMILES string of the molecule is Cc1nc(CNC(=O)C2CCC(N)C(C)C2(C)C)cs1. The highest BCUT2D eigenvalue weighted by atomic mass is 32.1. The summed E-state index contributed by atoms with van der Waals surface area (Å²) in [5, 5.41) is 6.07. The van der Waals surface area contributed by atoms with E-state index in [0.29, 0.717) is 12.5 Å². The second kappa shape index (κ2) is 5.82. The number of nitrogens with zero attached hydrogens (tertiary/aromatic N) is 1. The minimum atomic E-state index is -0.0558. The number of nitrogens with one attached hydrogen (secondary N) is 1. The Hall–Kier alpha value is -0.940. The first-order valence-corrected chi connectivity index (χ1v) is 8.14. The van der Waals surface area contributed by atoms with Gasteiger partial charge in [0.15, 0.2) is 0 Å². The van der Waals surface area contributed by atoms with E-state index < -0.39 is 0 Å². The van der Waals surface area contributed by atoms with Crippen molar-refractivity contribution in [1.82, 2.24) is 10.3 Å². The fraction of sp³-hybridized carbons (Fsp3) is 0.733. The molecule has 2 rings (SSSR count). The highest BCUT2D eigenvalue weighted by Crippen LogP contribution is 2.44. The van der Waals surface area contributed by atoms with Gasteiger partial charge in [-0.15, -0.1) is 11.3 Å². The number of aromatic nitrogens is 1. The van der Waals surface area contributed by atoms with Crippen molar-refractivity contribution >= 4 is 17.2 Å². The molecule has 0 radical (unpaired) electrons. The van der Waals surface area contributed by atoms with Crippen molar-refractivity contribution < 1.29 is 4.79 Å². The average Bonchev–Trinajstić information content (AvgIpc) is 2.79. The lowest BCUT2D eigenvalue weighted by Crippen LogP contribution is -2.51. The number of hydrogen-bond acceptors (Lipinski definition) is 4. The van der Waals surface area contributed by atoms with Crippen molar-refractivity contribution in [2.24, 2.45) is 23.0 Å². The molecule has 4 nitrogen and oxygen atoms in total. The van der Waals surface area contributed by atoms with Crippen LogP contribution in [0.25, 0.3) is 0 Å². The average molecular weight is 295 g/mol. The minimum Gasteiger partial charge on any atom is -0.350 e. The van der Waals surface area contributed by atoms with Crippen molar-refractivity contribution in [2.45, 2.75) is 53.1 Å². The van der Waals surface area contributed by atoms with Gasteiger partial charge in [0, 0.05) is 17.3 Å². The van der Waals surface area contributed by atoms with Gasteiger partial charge in [-0.2, -0.15) is 0 Å². The van der Waals surface area contributed by atoms with Crippen LogP contribution in [0.2, 0.25) is 0 Å². The van der Waals surface area contributed by atoms with Crippen LogP contribution in [0.4, 0.5) is 0 Å². The summed E-state index contributed by atoms with van der Waals surface area (Å²) >= 11 is 1.61. The maximum Gasteiger partial charge on any atom is 0.223 e. The van der Waals surface area contributed by atoms with Gasteiger partial charge in [0.05, 0.1) is 17.2 Å². The van der Waals surface area contributed by atoms with Gasteiger partial charge in [-0.25, -0.2) is 4.98 Å². The Kier molecular flexibility index (Phi) is 4.49. The van der Waals surface area contributed by atoms with E-state index in [2.05, 4.69) is 31.1 Å². The van der Waals surface area contributed by atoms with E-state index >= 15 is 0 Å². The molecule has 20 heavy (non-hydrogen) atoms. The summed E-state index contributed by atoms with van der Waals surface area (Å²) in [6, 6.07) is 0.204. The molecule has 1 aliphatic rings. The predicted octanol–water partition coefficient (Wildman–Crippen LogP) is 2.47. The molecule has 1 aromatic rings. The number of rotatable bonds is 3. The third-order valence-corrected chi connectivity index (χ3v) is 5.75. The summed E-state index contributed by atoms with van der Waals surface area (Å²) in [6.45, 7) is 8.98. The molecule has 0 saturated heterocycles. The molecule has 5 heteroatoms. The van der Waals surface area contributed by atoms with Gasteiger partial charge in [-0.1, -0.05) is 20.8 Å². The molecule has 3 N–H and O–H groups in total. The highest BCUT2D eigenvalue weighted by Gasteiger charge is 2.44. The third-order valence-electron chi connectivity index (χ3n) is 4.93. The van der Waals surface area contributed by atoms with Crippen LogP contribution in [-0.4, -0.2) is 16.9 Å². The lowest BCUT2D eigenvalue weighted by atomic mass is 9.61. The number of carbonyl (C=O) groups is 1. The molecule has 112 valence electrons. The Balaban J connectivity index is 1.98. The summed E-state index contributed by atoms with van der Waals surface area (Å²) in [5.74, 6) is 0.532. The first-order valence-electron chi connectivity index (χ1n) is 7.26. The molecule has 0 bridgehead atoms. The van der Waals surface area contributed by atoms with E-state index in [1.165, 1.54) is 0 Å². The van der Waals surface area contributed by atoms with Crippen molar-refractivity contribution in [3.05, 3.63) is 16.1 Å². The largest absolute Gasteiger partial charge is 0.350 e. The second-order valence-electron chi connectivity index (χ2n) is 6.48. The molecule has 1 aromatic heterocycles. The monoisotopic (exact) mass is 295 g/mol. The number of amides is 1. The third kappa shape index (κ3) is 3.04. The van der Waals surface area contributed by atoms with E-state index in [-0.39, 0.29) is 23.3 Å². The Morgan fingerprint density at radius 1 is 1.55 bits per heavy atom. The molecule has 3 unspecified atom stereocenters. The number of hydrogen-bond donors (Lipinski definition) is 2. The molecule has 0 aromatic carbocycles. The summed E-state index contributed by atoms with van der Waals surface area (Å²) < 4.78 is 0. The molecule has 0 aliphatic heterocycles. The minimum absolute atomic E-state index is 0.0389. The molecule has 1 fully saturated rings. The van der Waals surface area contributed by atoms with Crippen LogP contribution >= 0.6 is 11.3 Å². The predicted molar refractivity (Wildman–Crippen MR) is 82.3 cm³/mol. The fourth-order valence-corrected chi connectivity index (χ4v) is 3.72. The number of carbonyl (C=O) groups excluding carboxylic acids is 1. The molecule has 1 amide bonds. The van der Waals surface area contributed by atoms with Gasteiger partial charge in [0.1, 0.15) is 0 Å². The first kappa shape index (κ1) is 15.4. The summed E-state index contributed by atoms with van der Waals surface area (Å²) in [4.78, 5) is 16.8. The van der Waals surface area contributed by atoms with Crippen LogP contribution in [0.5, 0.6) is 0 Å². The van der Waals surface area contributed by atoms with E-state index in [4.69, 9.17) is 5.73 Å². The Bertz CT molecular complexity index is 483. The van der Waals surface area contributed by atoms with E-state index in [1.54, 1.807) is 11.3 Å². The van der Waals surface area contributed by atoms with Crippen molar-refractivity contribution in [2.75, 3.05) is 0 Å². The van der Waals surface area contributed by atoms with E-state index in [9.17, 15) is 4.79 Å². The van der Waals surface area contributed by atoms with Crippen LogP contribution in [-0.2, 0) is 11.3 Å². The Morgan fingerprint density at radius 3 is 2.85 bits per heavy atom. The zero-order valence-electron chi connectivity index (χ0n) is 12.8. The zero-order chi connectivity index (χ0) is 14.9. The normalized spacial score (nSPS) is 29.1. The number of thiazole rings is 1. The standard InChI is InChI=1S/C15H25N3OS/c1-9-13(16)6-5-12(15(9,3)4)14(19)17-7-11-8-20-10(2)18-11/h8-9,12-13H,5-7,16H2,1-4H3,(H,17,19). The van der Waals surface area contributed by atoms with E-state index in [0.717, 1.165) is 23.5 Å². The molecule has 1 aliphatic carbocycles. The molecule has 1 saturated carbocycles. The van der Waals surface area contributed by atoms with Gasteiger partial charge in [-0.3, -0.25) is 4.79 Å². The molecular weight excluding hydrogens is 270 g/mol. The zero-order valence-corrected chi connectivity index (χ0v) is 13.6. The van der Waals surface area contributed by atoms with Crippen molar-refractivity contribution in [1.29, 1.82) is 0 Å². The quantitative estimate of drug-likeness (QED) is 0.900. The maximum absolute atomic E-state index is 12.5. The second-order valence-corrected chi connectivity index (χ2v) is 7.54. The number of nitrogens with two attached hydrogens (primary N) is 1. The highest BCUT2D eigenvalue weighted by molar-refractivity contribution is 7.09. The van der Waals surface area contributed by atoms with Crippen LogP contribution in [0, 0.1) is 24.2 Å². The molecule has 0 spiro atoms. The lowest BCUT2D eigenvalue weighted by molar-refractivity contribution is -0.132. The van der Waals surface area contributed by atoms with Gasteiger partial charge < -0.3 is 11.1 Å². The van der Waals surface area contributed by atoms with Crippen LogP contribution in [0.1, 0.15) is 44.3 Å². The van der Waals surface area contributed by atoms with Gasteiger partial charge in [0.25, 0.3) is 0 Å². The fourth-order valence-electron chi connectivity index (χ4n) is 3.11. The van der Waals surface area contributed by atoms with Gasteiger partial charge >= 0.3 is 0 Å². The Labute approximate surface area is 125 Å². The van der Waals surface area contributed by atoms with Crippen LogP contribution in [0.3, 0.4) is 0 Å². The topological polar surface area (TPSA) is 68.0 Å². The summed E-state index contributed by atoms with van der Waals surface area (Å²) in [7, 11) is 0. The number of aryl methyl sites for hydroxylation is 1. The summed E-state index contributed by atoms with van der Waals surface area (Å²) in [6.07, 6.45) is 1.80. The first-order chi connectivity index (χ1) is 9.32. The van der Waals surface area contributed by atoms with Crippen LogP contribution < -0.4 is 11.1 Å². The van der Waals surface area contributed by atoms with E-state index in [1.807, 2.05) is 12.3 Å². The summed E-state index contributed by atoms with van der Waals surface area (Å²) in [5.41, 5.74) is 7.03. The van der Waals surface area contributed by atoms with Crippen LogP contribution in [0.15, 0.2) is 5.38 Å². The molecule has 3 atom stereocenters. The van der Waals surface area contributed by atoms with Gasteiger partial charge in [-0.05, 0) is 31.1 Å². The van der Waals surface area contributed by atoms with Crippen molar-refractivity contribution in [3.8, 4) is 0 Å².